The molecule has 0 amide bonds. The van der Waals surface area contributed by atoms with E-state index in [1.165, 1.54) is 22.0 Å². The van der Waals surface area contributed by atoms with Crippen molar-refractivity contribution in [3.8, 4) is 0 Å². The molecule has 1 atom stereocenters. The molecule has 2 aromatic carbocycles. The fourth-order valence-corrected chi connectivity index (χ4v) is 2.57. The van der Waals surface area contributed by atoms with Gasteiger partial charge >= 0.3 is 0 Å². The second-order valence-corrected chi connectivity index (χ2v) is 5.49. The van der Waals surface area contributed by atoms with Gasteiger partial charge in [-0.1, -0.05) is 35.9 Å². The second-order valence-electron chi connectivity index (χ2n) is 5.06. The number of aromatic nitrogens is 1. The van der Waals surface area contributed by atoms with Crippen LogP contribution in [0.2, 0.25) is 5.02 Å². The molecule has 3 aromatic rings. The molecule has 0 spiro atoms. The molecule has 3 heteroatoms. The fraction of sp³-hybridized carbons (Fsp3) is 0.176. The molecule has 0 aliphatic rings. The molecule has 1 heterocycles. The van der Waals surface area contributed by atoms with Crippen LogP contribution in [0.3, 0.4) is 0 Å². The second kappa shape index (κ2) is 5.70. The van der Waals surface area contributed by atoms with E-state index in [2.05, 4.69) is 47.6 Å². The summed E-state index contributed by atoms with van der Waals surface area (Å²) >= 11 is 6.03. The monoisotopic (exact) mass is 284 g/mol. The van der Waals surface area contributed by atoms with E-state index in [4.69, 9.17) is 11.6 Å². The number of hydrogen-bond donors (Lipinski definition) is 2. The third-order valence-corrected chi connectivity index (χ3v) is 3.82. The number of hydrogen-bond acceptors (Lipinski definition) is 1. The van der Waals surface area contributed by atoms with Crippen LogP contribution in [0.15, 0.2) is 54.7 Å². The van der Waals surface area contributed by atoms with E-state index in [9.17, 15) is 0 Å². The number of nitrogens with one attached hydrogen (secondary N) is 2. The first-order valence-electron chi connectivity index (χ1n) is 6.77. The van der Waals surface area contributed by atoms with Crippen molar-refractivity contribution in [3.63, 3.8) is 0 Å². The van der Waals surface area contributed by atoms with Crippen molar-refractivity contribution in [3.05, 3.63) is 70.9 Å². The lowest BCUT2D eigenvalue weighted by molar-refractivity contribution is 0.575. The number of fused-ring (bicyclic) bond motifs is 1. The van der Waals surface area contributed by atoms with Crippen LogP contribution in [0.4, 0.5) is 0 Å². The van der Waals surface area contributed by atoms with Crippen LogP contribution < -0.4 is 5.32 Å². The van der Waals surface area contributed by atoms with E-state index in [-0.39, 0.29) is 6.04 Å². The van der Waals surface area contributed by atoms with Crippen molar-refractivity contribution in [2.24, 2.45) is 0 Å². The van der Waals surface area contributed by atoms with Crippen LogP contribution in [-0.4, -0.2) is 4.98 Å². The minimum Gasteiger partial charge on any atom is -0.361 e. The average molecular weight is 285 g/mol. The number of halogens is 1. The molecule has 0 bridgehead atoms. The first-order chi connectivity index (χ1) is 9.72. The Morgan fingerprint density at radius 1 is 1.15 bits per heavy atom. The van der Waals surface area contributed by atoms with Crippen molar-refractivity contribution in [1.82, 2.24) is 10.3 Å². The van der Waals surface area contributed by atoms with Gasteiger partial charge in [0.15, 0.2) is 0 Å². The van der Waals surface area contributed by atoms with Crippen LogP contribution in [0.5, 0.6) is 0 Å². The highest BCUT2D eigenvalue weighted by atomic mass is 35.5. The minimum absolute atomic E-state index is 0.271. The summed E-state index contributed by atoms with van der Waals surface area (Å²) in [5.41, 5.74) is 3.66. The number of benzene rings is 2. The molecule has 0 radical (unpaired) electrons. The zero-order chi connectivity index (χ0) is 13.9. The predicted octanol–water partition coefficient (Wildman–Crippen LogP) is 4.67. The van der Waals surface area contributed by atoms with Crippen molar-refractivity contribution in [2.45, 2.75) is 19.5 Å². The molecule has 2 nitrogen and oxygen atoms in total. The number of H-pyrrole nitrogens is 1. The molecule has 0 fully saturated rings. The maximum Gasteiger partial charge on any atom is 0.0457 e. The summed E-state index contributed by atoms with van der Waals surface area (Å²) in [6, 6.07) is 16.8. The Bertz CT molecular complexity index is 718. The maximum atomic E-state index is 6.03. The molecule has 102 valence electrons. The zero-order valence-corrected chi connectivity index (χ0v) is 12.1. The van der Waals surface area contributed by atoms with E-state index in [0.717, 1.165) is 11.6 Å². The summed E-state index contributed by atoms with van der Waals surface area (Å²) in [7, 11) is 0. The molecule has 3 rings (SSSR count). The van der Waals surface area contributed by atoms with Crippen molar-refractivity contribution >= 4 is 22.5 Å². The highest BCUT2D eigenvalue weighted by Crippen LogP contribution is 2.19. The Kier molecular flexibility index (Phi) is 3.77. The van der Waals surface area contributed by atoms with Crippen LogP contribution in [0.25, 0.3) is 10.9 Å². The summed E-state index contributed by atoms with van der Waals surface area (Å²) in [6.07, 6.45) is 1.97. The van der Waals surface area contributed by atoms with Gasteiger partial charge in [0.25, 0.3) is 0 Å². The lowest BCUT2D eigenvalue weighted by atomic mass is 10.1. The molecule has 0 aliphatic heterocycles. The summed E-state index contributed by atoms with van der Waals surface area (Å²) in [4.78, 5) is 3.24. The summed E-state index contributed by atoms with van der Waals surface area (Å²) < 4.78 is 0. The number of rotatable bonds is 4. The van der Waals surface area contributed by atoms with E-state index >= 15 is 0 Å². The predicted molar refractivity (Wildman–Crippen MR) is 85.0 cm³/mol. The van der Waals surface area contributed by atoms with Crippen molar-refractivity contribution in [1.29, 1.82) is 0 Å². The first kappa shape index (κ1) is 13.2. The third-order valence-electron chi connectivity index (χ3n) is 3.58. The van der Waals surface area contributed by atoms with Crippen LogP contribution in [0, 0.1) is 0 Å². The quantitative estimate of drug-likeness (QED) is 0.716. The Labute approximate surface area is 123 Å². The molecule has 2 N–H and O–H groups in total. The standard InChI is InChI=1S/C17H17ClN2/c1-12(15-3-2-4-16(18)10-15)20-11-13-5-6-14-7-8-19-17(14)9-13/h2-10,12,19-20H,11H2,1H3. The molecule has 1 unspecified atom stereocenters. The zero-order valence-electron chi connectivity index (χ0n) is 11.4. The summed E-state index contributed by atoms with van der Waals surface area (Å²) in [5.74, 6) is 0. The van der Waals surface area contributed by atoms with Crippen molar-refractivity contribution < 1.29 is 0 Å². The normalized spacial score (nSPS) is 12.7. The SMILES string of the molecule is CC(NCc1ccc2cc[nH]c2c1)c1cccc(Cl)c1. The van der Waals surface area contributed by atoms with E-state index < -0.39 is 0 Å². The molecule has 20 heavy (non-hydrogen) atoms. The largest absolute Gasteiger partial charge is 0.361 e. The van der Waals surface area contributed by atoms with E-state index in [1.807, 2.05) is 24.4 Å². The van der Waals surface area contributed by atoms with E-state index in [1.54, 1.807) is 0 Å². The smallest absolute Gasteiger partial charge is 0.0457 e. The minimum atomic E-state index is 0.271. The van der Waals surface area contributed by atoms with Crippen LogP contribution >= 0.6 is 11.6 Å². The lowest BCUT2D eigenvalue weighted by Gasteiger charge is -2.14. The summed E-state index contributed by atoms with van der Waals surface area (Å²) in [6.45, 7) is 2.99. The van der Waals surface area contributed by atoms with Gasteiger partial charge in [-0.15, -0.1) is 0 Å². The van der Waals surface area contributed by atoms with Gasteiger partial charge < -0.3 is 10.3 Å². The molecule has 1 aromatic heterocycles. The van der Waals surface area contributed by atoms with Gasteiger partial charge in [0.1, 0.15) is 0 Å². The van der Waals surface area contributed by atoms with Gasteiger partial charge in [0.2, 0.25) is 0 Å². The van der Waals surface area contributed by atoms with Crippen LogP contribution in [0.1, 0.15) is 24.1 Å². The van der Waals surface area contributed by atoms with Gasteiger partial charge in [-0.2, -0.15) is 0 Å². The van der Waals surface area contributed by atoms with Gasteiger partial charge in [-0.25, -0.2) is 0 Å². The Morgan fingerprint density at radius 2 is 2.05 bits per heavy atom. The number of aromatic amines is 1. The molecular weight excluding hydrogens is 268 g/mol. The summed E-state index contributed by atoms with van der Waals surface area (Å²) in [5, 5.41) is 5.56. The lowest BCUT2D eigenvalue weighted by Crippen LogP contribution is -2.17. The van der Waals surface area contributed by atoms with Gasteiger partial charge in [-0.3, -0.25) is 0 Å². The molecule has 0 aliphatic carbocycles. The van der Waals surface area contributed by atoms with Crippen molar-refractivity contribution in [2.75, 3.05) is 0 Å². The first-order valence-corrected chi connectivity index (χ1v) is 7.15. The highest BCUT2D eigenvalue weighted by molar-refractivity contribution is 6.30. The van der Waals surface area contributed by atoms with E-state index in [0.29, 0.717) is 0 Å². The molecule has 0 saturated carbocycles. The van der Waals surface area contributed by atoms with Crippen LogP contribution in [-0.2, 0) is 6.54 Å². The molecule has 0 saturated heterocycles. The fourth-order valence-electron chi connectivity index (χ4n) is 2.37. The van der Waals surface area contributed by atoms with Gasteiger partial charge in [0, 0.05) is 29.3 Å². The topological polar surface area (TPSA) is 27.8 Å². The highest BCUT2D eigenvalue weighted by Gasteiger charge is 2.05. The van der Waals surface area contributed by atoms with Gasteiger partial charge in [0.05, 0.1) is 0 Å². The third kappa shape index (κ3) is 2.87. The van der Waals surface area contributed by atoms with Gasteiger partial charge in [-0.05, 0) is 47.7 Å². The Hall–Kier alpha value is -1.77. The Morgan fingerprint density at radius 3 is 2.90 bits per heavy atom. The maximum absolute atomic E-state index is 6.03. The Balaban J connectivity index is 1.69. The average Bonchev–Trinajstić information content (AvgIpc) is 2.92. The molecular formula is C17H17ClN2.